The van der Waals surface area contributed by atoms with Crippen LogP contribution >= 0.6 is 11.8 Å². The van der Waals surface area contributed by atoms with Crippen molar-refractivity contribution in [3.63, 3.8) is 0 Å². The lowest BCUT2D eigenvalue weighted by atomic mass is 10.00. The van der Waals surface area contributed by atoms with Gasteiger partial charge in [-0.3, -0.25) is 9.69 Å². The molecule has 3 amide bonds. The van der Waals surface area contributed by atoms with Gasteiger partial charge in [0.05, 0.1) is 18.1 Å². The maximum atomic E-state index is 12.9. The molecule has 1 unspecified atom stereocenters. The van der Waals surface area contributed by atoms with E-state index in [0.29, 0.717) is 18.7 Å². The molecule has 3 heterocycles. The quantitative estimate of drug-likeness (QED) is 0.763. The number of thioether (sulfide) groups is 1. The largest absolute Gasteiger partial charge is 0.326 e. The van der Waals surface area contributed by atoms with Crippen molar-refractivity contribution in [3.8, 4) is 5.69 Å². The van der Waals surface area contributed by atoms with Gasteiger partial charge in [0.1, 0.15) is 5.54 Å². The first-order valence-electron chi connectivity index (χ1n) is 9.84. The molecule has 154 valence electrons. The Labute approximate surface area is 175 Å². The number of amides is 3. The van der Waals surface area contributed by atoms with Crippen molar-refractivity contribution in [2.45, 2.75) is 39.3 Å². The van der Waals surface area contributed by atoms with Crippen LogP contribution in [0.1, 0.15) is 28.9 Å². The minimum atomic E-state index is -0.690. The number of imide groups is 1. The van der Waals surface area contributed by atoms with E-state index < -0.39 is 5.54 Å². The van der Waals surface area contributed by atoms with Crippen molar-refractivity contribution in [2.24, 2.45) is 0 Å². The van der Waals surface area contributed by atoms with Crippen LogP contribution in [0.25, 0.3) is 5.69 Å². The molecule has 2 aliphatic heterocycles. The van der Waals surface area contributed by atoms with E-state index in [9.17, 15) is 9.59 Å². The Bertz CT molecular complexity index is 964. The fourth-order valence-corrected chi connectivity index (χ4v) is 5.46. The smallest absolute Gasteiger partial charge is 0.322 e. The molecule has 7 nitrogen and oxygen atoms in total. The second-order valence-corrected chi connectivity index (χ2v) is 9.16. The summed E-state index contributed by atoms with van der Waals surface area (Å²) in [4.78, 5) is 28.7. The average molecular weight is 414 g/mol. The zero-order valence-corrected chi connectivity index (χ0v) is 18.2. The molecule has 1 N–H and O–H groups in total. The van der Waals surface area contributed by atoms with Crippen LogP contribution in [0.2, 0.25) is 0 Å². The molecule has 2 saturated heterocycles. The number of carbonyl (C=O) groups excluding carboxylic acids is 2. The van der Waals surface area contributed by atoms with Crippen molar-refractivity contribution in [2.75, 3.05) is 25.2 Å². The number of hydrogen-bond donors (Lipinski definition) is 1. The molecular formula is C21H27N5O2S. The van der Waals surface area contributed by atoms with Gasteiger partial charge in [0, 0.05) is 23.6 Å². The zero-order valence-electron chi connectivity index (χ0n) is 17.4. The summed E-state index contributed by atoms with van der Waals surface area (Å²) in [6.45, 7) is 7.03. The van der Waals surface area contributed by atoms with Gasteiger partial charge in [-0.2, -0.15) is 16.9 Å². The molecule has 1 aromatic heterocycles. The summed E-state index contributed by atoms with van der Waals surface area (Å²) >= 11 is 1.72. The lowest BCUT2D eigenvalue weighted by molar-refractivity contribution is -0.131. The van der Waals surface area contributed by atoms with Gasteiger partial charge in [-0.25, -0.2) is 14.4 Å². The standard InChI is InChI=1S/C21H27N5O2S/c1-14-7-5-6-8-18(14)26-16(3)17(15(2)23-26)11-24(4)13-25-19(27)21(22-20(25)28)9-10-29-12-21/h5-8H,9-13H2,1-4H3,(H,22,28). The van der Waals surface area contributed by atoms with Gasteiger partial charge >= 0.3 is 6.03 Å². The lowest BCUT2D eigenvalue weighted by Gasteiger charge is -2.24. The Hall–Kier alpha value is -2.32. The Morgan fingerprint density at radius 3 is 2.69 bits per heavy atom. The highest BCUT2D eigenvalue weighted by Gasteiger charge is 2.53. The summed E-state index contributed by atoms with van der Waals surface area (Å²) in [6.07, 6.45) is 0.712. The number of nitrogens with one attached hydrogen (secondary N) is 1. The van der Waals surface area contributed by atoms with E-state index >= 15 is 0 Å². The normalized spacial score (nSPS) is 21.6. The van der Waals surface area contributed by atoms with Crippen molar-refractivity contribution >= 4 is 23.7 Å². The van der Waals surface area contributed by atoms with Crippen LogP contribution in [0, 0.1) is 20.8 Å². The topological polar surface area (TPSA) is 70.5 Å². The first-order chi connectivity index (χ1) is 13.8. The number of para-hydroxylation sites is 1. The Morgan fingerprint density at radius 2 is 2.00 bits per heavy atom. The molecule has 0 saturated carbocycles. The predicted molar refractivity (Wildman–Crippen MR) is 114 cm³/mol. The number of aryl methyl sites for hydroxylation is 2. The predicted octanol–water partition coefficient (Wildman–Crippen LogP) is 2.61. The number of rotatable bonds is 5. The highest BCUT2D eigenvalue weighted by molar-refractivity contribution is 7.99. The summed E-state index contributed by atoms with van der Waals surface area (Å²) < 4.78 is 1.98. The highest BCUT2D eigenvalue weighted by Crippen LogP contribution is 2.33. The molecule has 8 heteroatoms. The van der Waals surface area contributed by atoms with Gasteiger partial charge in [0.2, 0.25) is 0 Å². The number of urea groups is 1. The molecule has 2 aromatic rings. The first-order valence-corrected chi connectivity index (χ1v) is 11.0. The Kier molecular flexibility index (Phi) is 5.16. The fraction of sp³-hybridized carbons (Fsp3) is 0.476. The number of carbonyl (C=O) groups is 2. The second-order valence-electron chi connectivity index (χ2n) is 8.05. The van der Waals surface area contributed by atoms with Gasteiger partial charge in [0.15, 0.2) is 0 Å². The maximum Gasteiger partial charge on any atom is 0.326 e. The van der Waals surface area contributed by atoms with Gasteiger partial charge in [-0.15, -0.1) is 0 Å². The summed E-state index contributed by atoms with van der Waals surface area (Å²) in [6, 6.07) is 7.89. The molecule has 29 heavy (non-hydrogen) atoms. The van der Waals surface area contributed by atoms with Crippen LogP contribution in [0.5, 0.6) is 0 Å². The molecule has 1 spiro atoms. The molecule has 0 aliphatic carbocycles. The second kappa shape index (κ2) is 7.50. The van der Waals surface area contributed by atoms with E-state index in [1.165, 1.54) is 4.90 Å². The van der Waals surface area contributed by atoms with Gasteiger partial charge in [-0.05, 0) is 51.6 Å². The zero-order chi connectivity index (χ0) is 20.8. The Balaban J connectivity index is 1.51. The van der Waals surface area contributed by atoms with E-state index in [0.717, 1.165) is 34.0 Å². The molecular weight excluding hydrogens is 386 g/mol. The summed E-state index contributed by atoms with van der Waals surface area (Å²) in [5.41, 5.74) is 4.69. The molecule has 4 rings (SSSR count). The van der Waals surface area contributed by atoms with Gasteiger partial charge in [-0.1, -0.05) is 18.2 Å². The van der Waals surface area contributed by atoms with Gasteiger partial charge < -0.3 is 5.32 Å². The average Bonchev–Trinajstić information content (AvgIpc) is 3.32. The summed E-state index contributed by atoms with van der Waals surface area (Å²) in [5.74, 6) is 1.48. The highest BCUT2D eigenvalue weighted by atomic mass is 32.2. The maximum absolute atomic E-state index is 12.9. The van der Waals surface area contributed by atoms with Crippen LogP contribution in [0.4, 0.5) is 4.79 Å². The van der Waals surface area contributed by atoms with Gasteiger partial charge in [0.25, 0.3) is 5.91 Å². The third kappa shape index (κ3) is 3.44. The van der Waals surface area contributed by atoms with E-state index in [-0.39, 0.29) is 18.6 Å². The number of hydrogen-bond acceptors (Lipinski definition) is 5. The van der Waals surface area contributed by atoms with Crippen molar-refractivity contribution in [1.29, 1.82) is 0 Å². The van der Waals surface area contributed by atoms with E-state index in [1.54, 1.807) is 11.8 Å². The monoisotopic (exact) mass is 413 g/mol. The Morgan fingerprint density at radius 1 is 1.24 bits per heavy atom. The summed E-state index contributed by atoms with van der Waals surface area (Å²) in [7, 11) is 1.93. The molecule has 1 aromatic carbocycles. The lowest BCUT2D eigenvalue weighted by Crippen LogP contribution is -2.47. The van der Waals surface area contributed by atoms with E-state index in [2.05, 4.69) is 31.3 Å². The van der Waals surface area contributed by atoms with E-state index in [1.807, 2.05) is 35.7 Å². The minimum Gasteiger partial charge on any atom is -0.322 e. The molecule has 0 radical (unpaired) electrons. The molecule has 2 fully saturated rings. The number of nitrogens with zero attached hydrogens (tertiary/aromatic N) is 4. The SMILES string of the molecule is Cc1ccccc1-n1nc(C)c(CN(C)CN2C(=O)NC3(CCSC3)C2=O)c1C. The molecule has 0 bridgehead atoms. The van der Waals surface area contributed by atoms with Crippen LogP contribution in [-0.2, 0) is 11.3 Å². The van der Waals surface area contributed by atoms with E-state index in [4.69, 9.17) is 5.10 Å². The number of benzene rings is 1. The van der Waals surface area contributed by atoms with Crippen LogP contribution in [-0.4, -0.2) is 62.3 Å². The summed E-state index contributed by atoms with van der Waals surface area (Å²) in [5, 5.41) is 7.67. The third-order valence-corrected chi connectivity index (χ3v) is 7.05. The van der Waals surface area contributed by atoms with Crippen LogP contribution < -0.4 is 5.32 Å². The molecule has 2 aliphatic rings. The third-order valence-electron chi connectivity index (χ3n) is 5.86. The fourth-order valence-electron chi connectivity index (χ4n) is 4.14. The van der Waals surface area contributed by atoms with Crippen molar-refractivity contribution < 1.29 is 9.59 Å². The molecule has 1 atom stereocenters. The van der Waals surface area contributed by atoms with Crippen LogP contribution in [0.3, 0.4) is 0 Å². The van der Waals surface area contributed by atoms with Crippen LogP contribution in [0.15, 0.2) is 24.3 Å². The minimum absolute atomic E-state index is 0.0941. The van der Waals surface area contributed by atoms with Crippen molar-refractivity contribution in [3.05, 3.63) is 46.8 Å². The first kappa shape index (κ1) is 20.0. The van der Waals surface area contributed by atoms with Crippen molar-refractivity contribution in [1.82, 2.24) is 24.9 Å². The number of aromatic nitrogens is 2.